The highest BCUT2D eigenvalue weighted by Gasteiger charge is 2.15. The number of hydrogen-bond donors (Lipinski definition) is 1. The molecule has 164 valence electrons. The molecule has 0 radical (unpaired) electrons. The van der Waals surface area contributed by atoms with Crippen LogP contribution in [0.2, 0.25) is 10.0 Å². The quantitative estimate of drug-likeness (QED) is 0.247. The Labute approximate surface area is 206 Å². The van der Waals surface area contributed by atoms with E-state index in [0.717, 1.165) is 21.3 Å². The summed E-state index contributed by atoms with van der Waals surface area (Å²) in [4.78, 5) is 0. The van der Waals surface area contributed by atoms with E-state index in [0.29, 0.717) is 34.7 Å². The lowest BCUT2D eigenvalue weighted by Crippen LogP contribution is -2.04. The van der Waals surface area contributed by atoms with Gasteiger partial charge < -0.3 is 14.8 Å². The molecular weight excluding hydrogens is 509 g/mol. The molecule has 0 saturated carbocycles. The van der Waals surface area contributed by atoms with Gasteiger partial charge in [0.15, 0.2) is 11.5 Å². The second kappa shape index (κ2) is 10.5. The SMILES string of the molecule is CCOc1cc(CNc2cccc3ccccc23)cc(Br)c1OCc1c(Cl)cccc1Cl. The Kier molecular flexibility index (Phi) is 7.46. The molecule has 4 rings (SSSR count). The zero-order chi connectivity index (χ0) is 22.5. The van der Waals surface area contributed by atoms with Gasteiger partial charge in [0.2, 0.25) is 0 Å². The largest absolute Gasteiger partial charge is 0.490 e. The van der Waals surface area contributed by atoms with Crippen molar-refractivity contribution < 1.29 is 9.47 Å². The molecule has 0 saturated heterocycles. The van der Waals surface area contributed by atoms with E-state index in [1.54, 1.807) is 12.1 Å². The van der Waals surface area contributed by atoms with Gasteiger partial charge in [0, 0.05) is 33.2 Å². The lowest BCUT2D eigenvalue weighted by atomic mass is 10.1. The van der Waals surface area contributed by atoms with E-state index in [9.17, 15) is 0 Å². The number of nitrogens with one attached hydrogen (secondary N) is 1. The van der Waals surface area contributed by atoms with Crippen molar-refractivity contribution >= 4 is 55.6 Å². The van der Waals surface area contributed by atoms with Crippen LogP contribution in [-0.4, -0.2) is 6.61 Å². The zero-order valence-electron chi connectivity index (χ0n) is 17.5. The van der Waals surface area contributed by atoms with Crippen molar-refractivity contribution in [3.63, 3.8) is 0 Å². The van der Waals surface area contributed by atoms with Crippen molar-refractivity contribution in [3.05, 3.63) is 98.4 Å². The fourth-order valence-electron chi connectivity index (χ4n) is 3.52. The van der Waals surface area contributed by atoms with E-state index in [1.807, 2.05) is 31.2 Å². The first-order valence-corrected chi connectivity index (χ1v) is 11.8. The third-order valence-corrected chi connectivity index (χ3v) is 6.36. The van der Waals surface area contributed by atoms with Crippen LogP contribution in [0.4, 0.5) is 5.69 Å². The molecule has 0 fully saturated rings. The lowest BCUT2D eigenvalue weighted by molar-refractivity contribution is 0.267. The van der Waals surface area contributed by atoms with Gasteiger partial charge in [-0.05, 0) is 64.1 Å². The van der Waals surface area contributed by atoms with Crippen molar-refractivity contribution in [3.8, 4) is 11.5 Å². The van der Waals surface area contributed by atoms with Crippen LogP contribution >= 0.6 is 39.1 Å². The third kappa shape index (κ3) is 5.15. The van der Waals surface area contributed by atoms with Gasteiger partial charge in [-0.3, -0.25) is 0 Å². The van der Waals surface area contributed by atoms with Gasteiger partial charge >= 0.3 is 0 Å². The molecule has 0 aliphatic carbocycles. The summed E-state index contributed by atoms with van der Waals surface area (Å²) in [5.74, 6) is 1.29. The molecule has 4 aromatic rings. The minimum Gasteiger partial charge on any atom is -0.490 e. The highest BCUT2D eigenvalue weighted by molar-refractivity contribution is 9.10. The molecule has 0 aliphatic heterocycles. The number of rotatable bonds is 8. The van der Waals surface area contributed by atoms with Gasteiger partial charge in [-0.2, -0.15) is 0 Å². The smallest absolute Gasteiger partial charge is 0.175 e. The third-order valence-electron chi connectivity index (χ3n) is 5.06. The lowest BCUT2D eigenvalue weighted by Gasteiger charge is -2.17. The Morgan fingerprint density at radius 1 is 0.875 bits per heavy atom. The summed E-state index contributed by atoms with van der Waals surface area (Å²) in [6.45, 7) is 3.35. The van der Waals surface area contributed by atoms with Gasteiger partial charge in [-0.15, -0.1) is 0 Å². The Hall–Kier alpha value is -2.40. The standard InChI is InChI=1S/C26H22BrCl2NO2/c1-2-31-25-14-17(15-30-24-12-5-8-18-7-3-4-9-19(18)24)13-21(27)26(25)32-16-20-22(28)10-6-11-23(20)29/h3-14,30H,2,15-16H2,1H3. The fourth-order valence-corrected chi connectivity index (χ4v) is 4.63. The van der Waals surface area contributed by atoms with E-state index in [-0.39, 0.29) is 6.61 Å². The normalized spacial score (nSPS) is 10.9. The Morgan fingerprint density at radius 2 is 1.59 bits per heavy atom. The Balaban J connectivity index is 1.55. The van der Waals surface area contributed by atoms with Crippen molar-refractivity contribution in [2.45, 2.75) is 20.1 Å². The average molecular weight is 531 g/mol. The summed E-state index contributed by atoms with van der Waals surface area (Å²) in [6.07, 6.45) is 0. The monoisotopic (exact) mass is 529 g/mol. The van der Waals surface area contributed by atoms with Crippen LogP contribution in [0.5, 0.6) is 11.5 Å². The number of benzene rings is 4. The van der Waals surface area contributed by atoms with Crippen molar-refractivity contribution in [2.24, 2.45) is 0 Å². The maximum atomic E-state index is 6.29. The molecule has 32 heavy (non-hydrogen) atoms. The van der Waals surface area contributed by atoms with Crippen LogP contribution in [0.15, 0.2) is 77.3 Å². The first kappa shape index (κ1) is 22.8. The molecule has 0 aromatic heterocycles. The first-order valence-electron chi connectivity index (χ1n) is 10.3. The molecule has 0 bridgehead atoms. The molecule has 0 heterocycles. The minimum atomic E-state index is 0.241. The number of fused-ring (bicyclic) bond motifs is 1. The van der Waals surface area contributed by atoms with Gasteiger partial charge in [-0.25, -0.2) is 0 Å². The maximum Gasteiger partial charge on any atom is 0.175 e. The van der Waals surface area contributed by atoms with E-state index in [2.05, 4.69) is 57.6 Å². The summed E-state index contributed by atoms with van der Waals surface area (Å²) in [7, 11) is 0. The Bertz CT molecular complexity index is 1220. The van der Waals surface area contributed by atoms with Crippen LogP contribution < -0.4 is 14.8 Å². The number of hydrogen-bond acceptors (Lipinski definition) is 3. The van der Waals surface area contributed by atoms with Gasteiger partial charge in [-0.1, -0.05) is 65.7 Å². The van der Waals surface area contributed by atoms with E-state index < -0.39 is 0 Å². The summed E-state index contributed by atoms with van der Waals surface area (Å²) in [5, 5.41) is 7.08. The summed E-state index contributed by atoms with van der Waals surface area (Å²) >= 11 is 16.2. The number of anilines is 1. The van der Waals surface area contributed by atoms with Crippen molar-refractivity contribution in [1.82, 2.24) is 0 Å². The molecule has 6 heteroatoms. The van der Waals surface area contributed by atoms with Crippen LogP contribution in [0.25, 0.3) is 10.8 Å². The predicted octanol–water partition coefficient (Wildman–Crippen LogP) is 8.50. The number of halogens is 3. The molecule has 0 amide bonds. The maximum absolute atomic E-state index is 6.29. The molecule has 0 unspecified atom stereocenters. The minimum absolute atomic E-state index is 0.241. The summed E-state index contributed by atoms with van der Waals surface area (Å²) in [6, 6.07) is 24.0. The first-order chi connectivity index (χ1) is 15.6. The second-order valence-corrected chi connectivity index (χ2v) is 8.88. The fraction of sp³-hybridized carbons (Fsp3) is 0.154. The molecule has 3 nitrogen and oxygen atoms in total. The predicted molar refractivity (Wildman–Crippen MR) is 137 cm³/mol. The van der Waals surface area contributed by atoms with Gasteiger partial charge in [0.05, 0.1) is 11.1 Å². The molecule has 0 aliphatic rings. The summed E-state index contributed by atoms with van der Waals surface area (Å²) < 4.78 is 12.8. The molecule has 0 spiro atoms. The van der Waals surface area contributed by atoms with Gasteiger partial charge in [0.25, 0.3) is 0 Å². The van der Waals surface area contributed by atoms with E-state index in [1.165, 1.54) is 10.8 Å². The van der Waals surface area contributed by atoms with Crippen LogP contribution in [0.1, 0.15) is 18.1 Å². The van der Waals surface area contributed by atoms with Crippen molar-refractivity contribution in [2.75, 3.05) is 11.9 Å². The van der Waals surface area contributed by atoms with Crippen LogP contribution in [0.3, 0.4) is 0 Å². The van der Waals surface area contributed by atoms with Gasteiger partial charge in [0.1, 0.15) is 6.61 Å². The van der Waals surface area contributed by atoms with Crippen LogP contribution in [-0.2, 0) is 13.2 Å². The summed E-state index contributed by atoms with van der Waals surface area (Å²) in [5.41, 5.74) is 2.90. The highest BCUT2D eigenvalue weighted by Crippen LogP contribution is 2.38. The topological polar surface area (TPSA) is 30.5 Å². The zero-order valence-corrected chi connectivity index (χ0v) is 20.6. The number of ether oxygens (including phenoxy) is 2. The molecule has 1 N–H and O–H groups in total. The average Bonchev–Trinajstić information content (AvgIpc) is 2.79. The van der Waals surface area contributed by atoms with Crippen molar-refractivity contribution in [1.29, 1.82) is 0 Å². The molecule has 4 aromatic carbocycles. The Morgan fingerprint density at radius 3 is 2.38 bits per heavy atom. The second-order valence-electron chi connectivity index (χ2n) is 7.21. The molecular formula is C26H22BrCl2NO2. The van der Waals surface area contributed by atoms with E-state index in [4.69, 9.17) is 32.7 Å². The molecule has 0 atom stereocenters. The van der Waals surface area contributed by atoms with E-state index >= 15 is 0 Å². The highest BCUT2D eigenvalue weighted by atomic mass is 79.9. The van der Waals surface area contributed by atoms with Crippen LogP contribution in [0, 0.1) is 0 Å².